The van der Waals surface area contributed by atoms with Gasteiger partial charge in [-0.1, -0.05) is 12.1 Å². The Balaban J connectivity index is 2.12. The number of aryl methyl sites for hydroxylation is 4. The average Bonchev–Trinajstić information content (AvgIpc) is 2.71. The Morgan fingerprint density at radius 3 is 2.52 bits per heavy atom. The Bertz CT molecular complexity index is 1320. The number of nitrogens with one attached hydrogen (secondary N) is 1. The number of rotatable bonds is 5. The molecular formula is C22H24N4O5. The van der Waals surface area contributed by atoms with Crippen LogP contribution in [0, 0.1) is 20.8 Å². The molecule has 3 rings (SSSR count). The maximum atomic E-state index is 13.2. The summed E-state index contributed by atoms with van der Waals surface area (Å²) in [4.78, 5) is 55.3. The normalized spacial score (nSPS) is 10.9. The summed E-state index contributed by atoms with van der Waals surface area (Å²) in [5.41, 5.74) is 1.45. The smallest absolute Gasteiger partial charge is 0.339 e. The van der Waals surface area contributed by atoms with E-state index in [9.17, 15) is 19.2 Å². The fourth-order valence-corrected chi connectivity index (χ4v) is 3.32. The maximum absolute atomic E-state index is 13.2. The van der Waals surface area contributed by atoms with Crippen LogP contribution in [0.1, 0.15) is 34.1 Å². The lowest BCUT2D eigenvalue weighted by Gasteiger charge is -2.14. The minimum Gasteiger partial charge on any atom is -0.462 e. The van der Waals surface area contributed by atoms with E-state index in [1.165, 1.54) is 13.1 Å². The van der Waals surface area contributed by atoms with Gasteiger partial charge in [0.1, 0.15) is 12.2 Å². The fraction of sp³-hybridized carbons (Fsp3) is 0.318. The van der Waals surface area contributed by atoms with E-state index < -0.39 is 29.7 Å². The zero-order valence-corrected chi connectivity index (χ0v) is 18.1. The second-order valence-electron chi connectivity index (χ2n) is 7.33. The first-order valence-electron chi connectivity index (χ1n) is 9.79. The van der Waals surface area contributed by atoms with Crippen LogP contribution in [0.5, 0.6) is 0 Å². The molecule has 0 saturated carbocycles. The van der Waals surface area contributed by atoms with Crippen molar-refractivity contribution in [2.45, 2.75) is 34.2 Å². The van der Waals surface area contributed by atoms with Crippen LogP contribution >= 0.6 is 0 Å². The highest BCUT2D eigenvalue weighted by Gasteiger charge is 2.22. The van der Waals surface area contributed by atoms with E-state index in [1.54, 1.807) is 19.9 Å². The molecule has 0 fully saturated rings. The van der Waals surface area contributed by atoms with Gasteiger partial charge in [-0.15, -0.1) is 0 Å². The van der Waals surface area contributed by atoms with E-state index in [2.05, 4.69) is 10.3 Å². The van der Waals surface area contributed by atoms with Crippen LogP contribution in [-0.2, 0) is 23.1 Å². The van der Waals surface area contributed by atoms with Gasteiger partial charge in [-0.2, -0.15) is 0 Å². The van der Waals surface area contributed by atoms with E-state index in [1.807, 2.05) is 26.0 Å². The highest BCUT2D eigenvalue weighted by atomic mass is 16.5. The molecule has 2 heterocycles. The van der Waals surface area contributed by atoms with Gasteiger partial charge in [0.05, 0.1) is 17.6 Å². The Labute approximate surface area is 178 Å². The number of ether oxygens (including phenoxy) is 1. The molecule has 1 amide bonds. The topological polar surface area (TPSA) is 112 Å². The number of amides is 1. The van der Waals surface area contributed by atoms with E-state index in [0.29, 0.717) is 11.4 Å². The van der Waals surface area contributed by atoms with Gasteiger partial charge in [0.2, 0.25) is 5.91 Å². The maximum Gasteiger partial charge on any atom is 0.339 e. The number of benzene rings is 1. The number of hydrogen-bond donors (Lipinski definition) is 1. The minimum atomic E-state index is -0.773. The minimum absolute atomic E-state index is 0.00800. The summed E-state index contributed by atoms with van der Waals surface area (Å²) in [5, 5.41) is 2.67. The van der Waals surface area contributed by atoms with Crippen molar-refractivity contribution in [2.24, 2.45) is 7.05 Å². The zero-order chi connectivity index (χ0) is 22.9. The third kappa shape index (κ3) is 4.25. The monoisotopic (exact) mass is 424 g/mol. The van der Waals surface area contributed by atoms with Gasteiger partial charge in [-0.25, -0.2) is 14.6 Å². The van der Waals surface area contributed by atoms with Crippen LogP contribution < -0.4 is 16.6 Å². The van der Waals surface area contributed by atoms with Crippen LogP contribution in [0.2, 0.25) is 0 Å². The molecule has 9 heteroatoms. The molecule has 1 N–H and O–H groups in total. The Morgan fingerprint density at radius 2 is 1.84 bits per heavy atom. The van der Waals surface area contributed by atoms with E-state index in [-0.39, 0.29) is 23.2 Å². The molecule has 0 atom stereocenters. The van der Waals surface area contributed by atoms with Gasteiger partial charge < -0.3 is 10.1 Å². The molecule has 3 aromatic rings. The summed E-state index contributed by atoms with van der Waals surface area (Å²) in [6.45, 7) is 6.65. The SMILES string of the molecule is CCOC(=O)c1cc(C)nc2c1c(=O)n(CC(=O)Nc1cc(C)ccc1C)c(=O)n2C. The van der Waals surface area contributed by atoms with Gasteiger partial charge in [0.15, 0.2) is 0 Å². The van der Waals surface area contributed by atoms with Gasteiger partial charge in [0, 0.05) is 18.4 Å². The Morgan fingerprint density at radius 1 is 1.13 bits per heavy atom. The number of aromatic nitrogens is 3. The molecular weight excluding hydrogens is 400 g/mol. The molecule has 162 valence electrons. The lowest BCUT2D eigenvalue weighted by molar-refractivity contribution is -0.116. The molecule has 0 spiro atoms. The summed E-state index contributed by atoms with van der Waals surface area (Å²) in [5.74, 6) is -1.23. The third-order valence-electron chi connectivity index (χ3n) is 4.89. The molecule has 0 unspecified atom stereocenters. The Kier molecular flexibility index (Phi) is 6.05. The van der Waals surface area contributed by atoms with Crippen molar-refractivity contribution in [1.29, 1.82) is 0 Å². The number of nitrogens with zero attached hydrogens (tertiary/aromatic N) is 3. The first-order chi connectivity index (χ1) is 14.6. The number of anilines is 1. The molecule has 0 saturated heterocycles. The molecule has 0 radical (unpaired) electrons. The lowest BCUT2D eigenvalue weighted by atomic mass is 10.1. The highest BCUT2D eigenvalue weighted by Crippen LogP contribution is 2.17. The summed E-state index contributed by atoms with van der Waals surface area (Å²) < 4.78 is 7.00. The van der Waals surface area contributed by atoms with Crippen molar-refractivity contribution in [3.8, 4) is 0 Å². The molecule has 0 aliphatic carbocycles. The average molecular weight is 424 g/mol. The number of carbonyl (C=O) groups is 2. The van der Waals surface area contributed by atoms with Crippen molar-refractivity contribution < 1.29 is 14.3 Å². The van der Waals surface area contributed by atoms with E-state index in [0.717, 1.165) is 20.3 Å². The first-order valence-corrected chi connectivity index (χ1v) is 9.79. The molecule has 1 aromatic carbocycles. The first kappa shape index (κ1) is 21.9. The van der Waals surface area contributed by atoms with Crippen LogP contribution in [0.25, 0.3) is 11.0 Å². The van der Waals surface area contributed by atoms with Crippen LogP contribution in [0.3, 0.4) is 0 Å². The third-order valence-corrected chi connectivity index (χ3v) is 4.89. The number of carbonyl (C=O) groups excluding carboxylic acids is 2. The van der Waals surface area contributed by atoms with E-state index >= 15 is 0 Å². The number of fused-ring (bicyclic) bond motifs is 1. The lowest BCUT2D eigenvalue weighted by Crippen LogP contribution is -2.42. The summed E-state index contributed by atoms with van der Waals surface area (Å²) in [6.07, 6.45) is 0. The molecule has 9 nitrogen and oxygen atoms in total. The standard InChI is InChI=1S/C22H24N4O5/c1-6-31-21(29)15-10-14(4)23-19-18(15)20(28)26(22(30)25(19)5)11-17(27)24-16-9-12(2)7-8-13(16)3/h7-10H,6,11H2,1-5H3,(H,24,27). The van der Waals surface area contributed by atoms with Crippen molar-refractivity contribution in [2.75, 3.05) is 11.9 Å². The van der Waals surface area contributed by atoms with Crippen molar-refractivity contribution in [1.82, 2.24) is 14.1 Å². The molecule has 0 aliphatic heterocycles. The second-order valence-corrected chi connectivity index (χ2v) is 7.33. The number of esters is 1. The molecule has 2 aromatic heterocycles. The Hall–Kier alpha value is -3.75. The van der Waals surface area contributed by atoms with Crippen LogP contribution in [0.4, 0.5) is 5.69 Å². The molecule has 0 aliphatic rings. The van der Waals surface area contributed by atoms with Crippen LogP contribution in [0.15, 0.2) is 33.9 Å². The number of pyridine rings is 1. The molecule has 0 bridgehead atoms. The van der Waals surface area contributed by atoms with Gasteiger partial charge in [-0.05, 0) is 51.0 Å². The summed E-state index contributed by atoms with van der Waals surface area (Å²) in [7, 11) is 1.44. The summed E-state index contributed by atoms with van der Waals surface area (Å²) >= 11 is 0. The zero-order valence-electron chi connectivity index (χ0n) is 18.1. The summed E-state index contributed by atoms with van der Waals surface area (Å²) in [6, 6.07) is 7.03. The largest absolute Gasteiger partial charge is 0.462 e. The molecule has 31 heavy (non-hydrogen) atoms. The highest BCUT2D eigenvalue weighted by molar-refractivity contribution is 6.02. The number of hydrogen-bond acceptors (Lipinski definition) is 6. The predicted molar refractivity (Wildman–Crippen MR) is 116 cm³/mol. The van der Waals surface area contributed by atoms with E-state index in [4.69, 9.17) is 4.74 Å². The van der Waals surface area contributed by atoms with Crippen molar-refractivity contribution in [3.63, 3.8) is 0 Å². The van der Waals surface area contributed by atoms with Crippen molar-refractivity contribution >= 4 is 28.6 Å². The quantitative estimate of drug-likeness (QED) is 0.626. The second kappa shape index (κ2) is 8.55. The van der Waals surface area contributed by atoms with Gasteiger partial charge >= 0.3 is 11.7 Å². The van der Waals surface area contributed by atoms with Crippen LogP contribution in [-0.4, -0.2) is 32.6 Å². The van der Waals surface area contributed by atoms with Crippen molar-refractivity contribution in [3.05, 3.63) is 67.5 Å². The fourth-order valence-electron chi connectivity index (χ4n) is 3.32. The van der Waals surface area contributed by atoms with Gasteiger partial charge in [0.25, 0.3) is 5.56 Å². The van der Waals surface area contributed by atoms with Gasteiger partial charge in [-0.3, -0.25) is 18.7 Å². The predicted octanol–water partition coefficient (Wildman–Crippen LogP) is 1.84.